The van der Waals surface area contributed by atoms with Crippen LogP contribution < -0.4 is 29.6 Å². The maximum Gasteiger partial charge on any atom is 0.286 e. The quantitative estimate of drug-likeness (QED) is 0.0936. The minimum absolute atomic E-state index is 0.185. The number of carbonyl (C=O) groups excluding carboxylic acids is 4. The first kappa shape index (κ1) is 49.3. The van der Waals surface area contributed by atoms with Gasteiger partial charge in [0.25, 0.3) is 5.24 Å². The summed E-state index contributed by atoms with van der Waals surface area (Å²) >= 11 is 2.41. The van der Waals surface area contributed by atoms with Crippen LogP contribution in [0.1, 0.15) is 33.9 Å². The van der Waals surface area contributed by atoms with E-state index in [4.69, 9.17) is 23.9 Å². The van der Waals surface area contributed by atoms with Crippen LogP contribution in [0.4, 0.5) is 4.79 Å². The molecule has 354 valence electrons. The highest BCUT2D eigenvalue weighted by molar-refractivity contribution is 8.14. The van der Waals surface area contributed by atoms with Crippen molar-refractivity contribution in [2.45, 2.75) is 45.7 Å². The Balaban J connectivity index is 0.000000182. The number of hydrogen-bond acceptors (Lipinski definition) is 12. The van der Waals surface area contributed by atoms with Gasteiger partial charge in [0, 0.05) is 26.2 Å². The van der Waals surface area contributed by atoms with Crippen molar-refractivity contribution in [3.05, 3.63) is 167 Å². The highest BCUT2D eigenvalue weighted by Crippen LogP contribution is 2.29. The van der Waals surface area contributed by atoms with Gasteiger partial charge in [-0.3, -0.25) is 29.8 Å². The maximum atomic E-state index is 11.9. The van der Waals surface area contributed by atoms with Gasteiger partial charge in [-0.25, -0.2) is 9.97 Å². The number of fused-ring (bicyclic) bond motifs is 2. The van der Waals surface area contributed by atoms with E-state index in [1.165, 1.54) is 22.9 Å². The number of amides is 4. The lowest BCUT2D eigenvalue weighted by Gasteiger charge is -2.13. The predicted octanol–water partition coefficient (Wildman–Crippen LogP) is 10.3. The van der Waals surface area contributed by atoms with Gasteiger partial charge in [-0.2, -0.15) is 11.8 Å². The first-order chi connectivity index (χ1) is 33.3. The summed E-state index contributed by atoms with van der Waals surface area (Å²) in [4.78, 5) is 52.0. The average Bonchev–Trinajstić information content (AvgIpc) is 3.99. The second kappa shape index (κ2) is 23.4. The number of nitrogens with one attached hydrogen (secondary N) is 2. The van der Waals surface area contributed by atoms with Crippen molar-refractivity contribution < 1.29 is 38.1 Å². The van der Waals surface area contributed by atoms with Crippen LogP contribution in [0.15, 0.2) is 133 Å². The van der Waals surface area contributed by atoms with Crippen LogP contribution in [0.25, 0.3) is 22.1 Å². The molecular formula is C53H52N6O8S2. The summed E-state index contributed by atoms with van der Waals surface area (Å²) in [6.45, 7) is 6.88. The lowest BCUT2D eigenvalue weighted by atomic mass is 10.1. The fourth-order valence-electron chi connectivity index (χ4n) is 7.07. The Morgan fingerprint density at radius 1 is 0.681 bits per heavy atom. The molecule has 1 aliphatic heterocycles. The van der Waals surface area contributed by atoms with Crippen molar-refractivity contribution in [1.29, 1.82) is 0 Å². The lowest BCUT2D eigenvalue weighted by Crippen LogP contribution is -2.32. The van der Waals surface area contributed by atoms with E-state index in [9.17, 15) is 19.2 Å². The van der Waals surface area contributed by atoms with Gasteiger partial charge in [0.1, 0.15) is 59.4 Å². The molecule has 1 saturated heterocycles. The smallest absolute Gasteiger partial charge is 0.286 e. The fourth-order valence-corrected chi connectivity index (χ4v) is 8.23. The number of imide groups is 2. The second-order valence-corrected chi connectivity index (χ2v) is 18.0. The Kier molecular flexibility index (Phi) is 16.8. The number of thioether (sulfide) groups is 2. The molecule has 0 spiro atoms. The lowest BCUT2D eigenvalue weighted by molar-refractivity contribution is -0.125. The Morgan fingerprint density at radius 3 is 1.58 bits per heavy atom. The molecule has 1 aliphatic rings. The molecule has 6 aromatic carbocycles. The van der Waals surface area contributed by atoms with Gasteiger partial charge in [0.15, 0.2) is 0 Å². The molecule has 4 amide bonds. The Bertz CT molecular complexity index is 3070. The van der Waals surface area contributed by atoms with E-state index in [1.807, 2.05) is 164 Å². The second-order valence-electron chi connectivity index (χ2n) is 16.0. The summed E-state index contributed by atoms with van der Waals surface area (Å²) in [5, 5.41) is 3.76. The SMILES string of the molecule is CSC(Cc1ccc(OCc2nc3ccc(Oc4cccc(C)c4)cc3n2C)cc1)C(=O)NC=O.Cc1ccc(OCc2nc3ccc(Oc4cccc(C)c4)cc3n2C)cc1.O=C1CSC(=O)N1. The Hall–Kier alpha value is -7.56. The molecule has 0 aliphatic carbocycles. The number of aryl methyl sites for hydroxylation is 5. The van der Waals surface area contributed by atoms with E-state index >= 15 is 0 Å². The third kappa shape index (κ3) is 13.8. The summed E-state index contributed by atoms with van der Waals surface area (Å²) < 4.78 is 27.9. The summed E-state index contributed by atoms with van der Waals surface area (Å²) in [7, 11) is 3.96. The monoisotopic (exact) mass is 964 g/mol. The number of rotatable bonds is 15. The molecule has 0 radical (unpaired) electrons. The molecule has 3 heterocycles. The molecule has 8 aromatic rings. The minimum atomic E-state index is -0.327. The van der Waals surface area contributed by atoms with Gasteiger partial charge >= 0.3 is 0 Å². The van der Waals surface area contributed by atoms with Crippen LogP contribution in [-0.4, -0.2) is 59.8 Å². The average molecular weight is 965 g/mol. The minimum Gasteiger partial charge on any atom is -0.486 e. The topological polar surface area (TPSA) is 165 Å². The van der Waals surface area contributed by atoms with Crippen LogP contribution in [0.3, 0.4) is 0 Å². The molecule has 1 atom stereocenters. The van der Waals surface area contributed by atoms with E-state index in [2.05, 4.69) is 35.5 Å². The van der Waals surface area contributed by atoms with E-state index < -0.39 is 0 Å². The number of aromatic nitrogens is 4. The first-order valence-corrected chi connectivity index (χ1v) is 24.2. The number of benzene rings is 6. The van der Waals surface area contributed by atoms with E-state index in [1.54, 1.807) is 0 Å². The van der Waals surface area contributed by atoms with Gasteiger partial charge in [-0.15, -0.1) is 0 Å². The predicted molar refractivity (Wildman–Crippen MR) is 271 cm³/mol. The zero-order valence-corrected chi connectivity index (χ0v) is 40.7. The zero-order chi connectivity index (χ0) is 48.9. The van der Waals surface area contributed by atoms with Crippen LogP contribution in [0.5, 0.6) is 34.5 Å². The zero-order valence-electron chi connectivity index (χ0n) is 39.1. The van der Waals surface area contributed by atoms with Crippen LogP contribution in [0.2, 0.25) is 0 Å². The van der Waals surface area contributed by atoms with Crippen molar-refractivity contribution in [3.63, 3.8) is 0 Å². The number of ether oxygens (including phenoxy) is 4. The van der Waals surface area contributed by atoms with Gasteiger partial charge in [0.2, 0.25) is 18.2 Å². The molecule has 16 heteroatoms. The molecule has 69 heavy (non-hydrogen) atoms. The maximum absolute atomic E-state index is 11.9. The van der Waals surface area contributed by atoms with Crippen LogP contribution >= 0.6 is 23.5 Å². The highest BCUT2D eigenvalue weighted by Gasteiger charge is 2.18. The van der Waals surface area contributed by atoms with Gasteiger partial charge in [0.05, 0.1) is 33.1 Å². The van der Waals surface area contributed by atoms with Crippen molar-refractivity contribution in [3.8, 4) is 34.5 Å². The Labute approximate surface area is 408 Å². The summed E-state index contributed by atoms with van der Waals surface area (Å²) in [5.41, 5.74) is 8.29. The van der Waals surface area contributed by atoms with E-state index in [0.29, 0.717) is 37.5 Å². The number of nitrogens with zero attached hydrogens (tertiary/aromatic N) is 4. The van der Waals surface area contributed by atoms with E-state index in [0.717, 1.165) is 85.4 Å². The third-order valence-corrected chi connectivity index (χ3v) is 12.5. The molecule has 2 aromatic heterocycles. The fraction of sp³-hybridized carbons (Fsp3) is 0.208. The van der Waals surface area contributed by atoms with Crippen molar-refractivity contribution in [1.82, 2.24) is 29.7 Å². The summed E-state index contributed by atoms with van der Waals surface area (Å²) in [6, 6.07) is 43.4. The number of imidazole rings is 2. The van der Waals surface area contributed by atoms with Gasteiger partial charge < -0.3 is 28.1 Å². The number of carbonyl (C=O) groups is 4. The largest absolute Gasteiger partial charge is 0.486 e. The standard InChI is InChI=1S/C27H27N3O4S.C23H22N2O2.C3H3NO2S/c1-18-5-4-6-21(13-18)34-22-11-12-23-24(15-22)30(2)26(29-23)16-33-20-9-7-19(8-10-20)14-25(35-3)27(32)28-17-31;1-16-7-9-18(10-8-16)26-15-23-24-21-12-11-20(14-22(21)25(23)3)27-19-6-4-5-17(2)13-19;5-2-1-7-3(6)4-2/h4-13,15,17,25H,14,16H2,1-3H3,(H,28,31,32);4-14H,15H2,1-3H3;1H2,(H,4,5,6). The van der Waals surface area contributed by atoms with Crippen molar-refractivity contribution in [2.75, 3.05) is 12.0 Å². The van der Waals surface area contributed by atoms with Crippen LogP contribution in [0, 0.1) is 20.8 Å². The molecule has 1 unspecified atom stereocenters. The van der Waals surface area contributed by atoms with Gasteiger partial charge in [-0.1, -0.05) is 65.9 Å². The van der Waals surface area contributed by atoms with Gasteiger partial charge in [-0.05, 0) is 123 Å². The molecule has 0 saturated carbocycles. The third-order valence-electron chi connectivity index (χ3n) is 10.8. The summed E-state index contributed by atoms with van der Waals surface area (Å²) in [6.07, 6.45) is 2.79. The van der Waals surface area contributed by atoms with Crippen molar-refractivity contribution in [2.24, 2.45) is 14.1 Å². The molecular weight excluding hydrogens is 913 g/mol. The normalized spacial score (nSPS) is 12.3. The molecule has 14 nitrogen and oxygen atoms in total. The molecule has 2 N–H and O–H groups in total. The molecule has 0 bridgehead atoms. The first-order valence-electron chi connectivity index (χ1n) is 21.9. The Morgan fingerprint density at radius 2 is 1.16 bits per heavy atom. The van der Waals surface area contributed by atoms with E-state index in [-0.39, 0.29) is 22.3 Å². The summed E-state index contributed by atoms with van der Waals surface area (Å²) in [5.74, 6) is 6.21. The van der Waals surface area contributed by atoms with Crippen molar-refractivity contribution >= 4 is 69.1 Å². The molecule has 9 rings (SSSR count). The number of hydrogen-bond donors (Lipinski definition) is 2. The highest BCUT2D eigenvalue weighted by atomic mass is 32.2. The van der Waals surface area contributed by atoms with Crippen LogP contribution in [-0.2, 0) is 48.1 Å². The molecule has 1 fully saturated rings.